The van der Waals surface area contributed by atoms with Gasteiger partial charge in [-0.3, -0.25) is 9.79 Å². The Hall–Kier alpha value is -4.25. The van der Waals surface area contributed by atoms with Crippen LogP contribution in [0.3, 0.4) is 0 Å². The zero-order valence-corrected chi connectivity index (χ0v) is 17.2. The second-order valence-corrected chi connectivity index (χ2v) is 6.97. The van der Waals surface area contributed by atoms with Crippen molar-refractivity contribution >= 4 is 23.0 Å². The van der Waals surface area contributed by atoms with Crippen molar-refractivity contribution in [3.05, 3.63) is 104 Å². The Kier molecular flexibility index (Phi) is 5.85. The van der Waals surface area contributed by atoms with Gasteiger partial charge in [0.25, 0.3) is 5.91 Å². The summed E-state index contributed by atoms with van der Waals surface area (Å²) < 4.78 is 1.91. The summed E-state index contributed by atoms with van der Waals surface area (Å²) in [6.07, 6.45) is 8.69. The molecule has 31 heavy (non-hydrogen) atoms. The molecule has 4 rings (SSSR count). The zero-order valence-electron chi connectivity index (χ0n) is 17.2. The molecule has 0 saturated heterocycles. The molecular weight excluding hydrogens is 384 g/mol. The number of carbonyl (C=O) groups is 1. The van der Waals surface area contributed by atoms with Crippen LogP contribution in [0.4, 0.5) is 5.69 Å². The average Bonchev–Trinajstić information content (AvgIpc) is 3.25. The lowest BCUT2D eigenvalue weighted by molar-refractivity contribution is -0.110. The second kappa shape index (κ2) is 9.05. The molecule has 0 aliphatic carbocycles. The number of amides is 1. The largest absolute Gasteiger partial charge is 0.318 e. The number of benzene rings is 2. The van der Waals surface area contributed by atoms with E-state index in [4.69, 9.17) is 4.98 Å². The van der Waals surface area contributed by atoms with E-state index in [0.29, 0.717) is 17.0 Å². The molecular formula is C26H22N4O. The van der Waals surface area contributed by atoms with Crippen molar-refractivity contribution in [3.8, 4) is 22.4 Å². The molecule has 0 unspecified atom stereocenters. The fourth-order valence-corrected chi connectivity index (χ4v) is 3.23. The fraction of sp³-hybridized carbons (Fsp3) is 0.0385. The third-order valence-electron chi connectivity index (χ3n) is 4.82. The van der Waals surface area contributed by atoms with E-state index in [2.05, 4.69) is 41.2 Å². The molecule has 2 aromatic heterocycles. The van der Waals surface area contributed by atoms with Crippen molar-refractivity contribution in [1.82, 2.24) is 9.38 Å². The van der Waals surface area contributed by atoms with Gasteiger partial charge in [0.2, 0.25) is 0 Å². The predicted octanol–water partition coefficient (Wildman–Crippen LogP) is 5.77. The van der Waals surface area contributed by atoms with Crippen LogP contribution >= 0.6 is 0 Å². The van der Waals surface area contributed by atoms with Gasteiger partial charge < -0.3 is 9.72 Å². The number of nitrogens with one attached hydrogen (secondary N) is 1. The van der Waals surface area contributed by atoms with Crippen LogP contribution in [0.2, 0.25) is 0 Å². The first-order valence-corrected chi connectivity index (χ1v) is 9.92. The summed E-state index contributed by atoms with van der Waals surface area (Å²) in [6.45, 7) is 5.25. The van der Waals surface area contributed by atoms with Crippen LogP contribution in [-0.2, 0) is 4.79 Å². The molecule has 0 radical (unpaired) electrons. The number of allylic oxidation sites excluding steroid dienone is 2. The highest BCUT2D eigenvalue weighted by Gasteiger charge is 2.12. The highest BCUT2D eigenvalue weighted by molar-refractivity contribution is 6.42. The van der Waals surface area contributed by atoms with Gasteiger partial charge in [0.15, 0.2) is 5.65 Å². The first-order valence-electron chi connectivity index (χ1n) is 9.92. The minimum Gasteiger partial charge on any atom is -0.318 e. The lowest BCUT2D eigenvalue weighted by Crippen LogP contribution is -2.20. The molecule has 0 spiro atoms. The van der Waals surface area contributed by atoms with Crippen molar-refractivity contribution in [3.63, 3.8) is 0 Å². The maximum atomic E-state index is 12.5. The summed E-state index contributed by atoms with van der Waals surface area (Å²) in [6, 6.07) is 22.2. The van der Waals surface area contributed by atoms with Crippen LogP contribution in [0.5, 0.6) is 0 Å². The smallest absolute Gasteiger partial charge is 0.269 e. The fourth-order valence-electron chi connectivity index (χ4n) is 3.23. The highest BCUT2D eigenvalue weighted by Crippen LogP contribution is 2.27. The topological polar surface area (TPSA) is 58.8 Å². The van der Waals surface area contributed by atoms with Gasteiger partial charge in [0, 0.05) is 24.2 Å². The molecule has 0 saturated carbocycles. The number of pyridine rings is 1. The Balaban J connectivity index is 1.66. The molecule has 0 aliphatic rings. The lowest BCUT2D eigenvalue weighted by Gasteiger charge is -2.05. The van der Waals surface area contributed by atoms with Crippen LogP contribution in [-0.4, -0.2) is 21.0 Å². The lowest BCUT2D eigenvalue weighted by atomic mass is 10.0. The van der Waals surface area contributed by atoms with E-state index in [1.165, 1.54) is 6.20 Å². The van der Waals surface area contributed by atoms with E-state index in [1.54, 1.807) is 19.1 Å². The van der Waals surface area contributed by atoms with Crippen LogP contribution in [0.1, 0.15) is 6.92 Å². The van der Waals surface area contributed by atoms with E-state index < -0.39 is 0 Å². The number of imidazole rings is 1. The Morgan fingerprint density at radius 1 is 1.03 bits per heavy atom. The van der Waals surface area contributed by atoms with E-state index >= 15 is 0 Å². The van der Waals surface area contributed by atoms with Crippen LogP contribution in [0.25, 0.3) is 28.0 Å². The standard InChI is InChI=1S/C26H22N4O/c1-3-4-15-27-19(2)26(31)29-23-14-9-16-30-18-24(28-25(23)30)22-13-8-12-21(17-22)20-10-6-5-7-11-20/h3-18H,1H2,2H3,(H,29,31)/b15-4-,27-19?. The second-order valence-electron chi connectivity index (χ2n) is 6.97. The minimum atomic E-state index is -0.280. The van der Waals surface area contributed by atoms with Gasteiger partial charge in [-0.15, -0.1) is 0 Å². The van der Waals surface area contributed by atoms with Crippen molar-refractivity contribution in [2.75, 3.05) is 5.32 Å². The van der Waals surface area contributed by atoms with E-state index in [0.717, 1.165) is 22.4 Å². The summed E-state index contributed by atoms with van der Waals surface area (Å²) >= 11 is 0. The van der Waals surface area contributed by atoms with Gasteiger partial charge in [0.1, 0.15) is 5.71 Å². The molecule has 0 atom stereocenters. The molecule has 0 bridgehead atoms. The van der Waals surface area contributed by atoms with Gasteiger partial charge in [-0.2, -0.15) is 0 Å². The number of nitrogens with zero attached hydrogens (tertiary/aromatic N) is 3. The minimum absolute atomic E-state index is 0.280. The summed E-state index contributed by atoms with van der Waals surface area (Å²) in [5, 5.41) is 2.90. The Morgan fingerprint density at radius 2 is 1.81 bits per heavy atom. The maximum Gasteiger partial charge on any atom is 0.269 e. The highest BCUT2D eigenvalue weighted by atomic mass is 16.1. The molecule has 4 aromatic rings. The summed E-state index contributed by atoms with van der Waals surface area (Å²) in [5.41, 5.74) is 5.77. The number of anilines is 1. The first-order chi connectivity index (χ1) is 15.2. The number of hydrogen-bond donors (Lipinski definition) is 1. The van der Waals surface area contributed by atoms with Crippen LogP contribution in [0.15, 0.2) is 109 Å². The Labute approximate surface area is 181 Å². The molecule has 0 aliphatic heterocycles. The quantitative estimate of drug-likeness (QED) is 0.326. The Morgan fingerprint density at radius 3 is 2.61 bits per heavy atom. The number of rotatable bonds is 6. The van der Waals surface area contributed by atoms with Gasteiger partial charge in [-0.1, -0.05) is 61.2 Å². The third kappa shape index (κ3) is 4.51. The molecule has 0 fully saturated rings. The Bertz CT molecular complexity index is 1300. The van der Waals surface area contributed by atoms with Crippen molar-refractivity contribution in [2.24, 2.45) is 4.99 Å². The van der Waals surface area contributed by atoms with Crippen molar-refractivity contribution in [2.45, 2.75) is 6.92 Å². The maximum absolute atomic E-state index is 12.5. The van der Waals surface area contributed by atoms with Gasteiger partial charge in [-0.05, 0) is 42.3 Å². The molecule has 2 aromatic carbocycles. The van der Waals surface area contributed by atoms with Gasteiger partial charge in [0.05, 0.1) is 11.4 Å². The number of aliphatic imine (C=N–C) groups is 1. The van der Waals surface area contributed by atoms with E-state index in [9.17, 15) is 4.79 Å². The number of fused-ring (bicyclic) bond motifs is 1. The number of aromatic nitrogens is 2. The van der Waals surface area contributed by atoms with Crippen molar-refractivity contribution in [1.29, 1.82) is 0 Å². The van der Waals surface area contributed by atoms with Crippen LogP contribution < -0.4 is 5.32 Å². The van der Waals surface area contributed by atoms with Gasteiger partial charge in [-0.25, -0.2) is 4.98 Å². The SMILES string of the molecule is C=C/C=C\N=C(C)C(=O)Nc1cccn2cc(-c3cccc(-c4ccccc4)c3)nc12. The number of hydrogen-bond acceptors (Lipinski definition) is 3. The molecule has 5 heteroatoms. The molecule has 1 amide bonds. The molecule has 2 heterocycles. The summed E-state index contributed by atoms with van der Waals surface area (Å²) in [5.74, 6) is -0.280. The monoisotopic (exact) mass is 406 g/mol. The normalized spacial score (nSPS) is 11.7. The first kappa shape index (κ1) is 20.0. The van der Waals surface area contributed by atoms with Gasteiger partial charge >= 0.3 is 0 Å². The van der Waals surface area contributed by atoms with E-state index in [1.807, 2.05) is 59.3 Å². The van der Waals surface area contributed by atoms with Crippen LogP contribution in [0, 0.1) is 0 Å². The molecule has 5 nitrogen and oxygen atoms in total. The van der Waals surface area contributed by atoms with E-state index in [-0.39, 0.29) is 5.91 Å². The average molecular weight is 406 g/mol. The summed E-state index contributed by atoms with van der Waals surface area (Å²) in [4.78, 5) is 21.4. The van der Waals surface area contributed by atoms with Crippen molar-refractivity contribution < 1.29 is 4.79 Å². The predicted molar refractivity (Wildman–Crippen MR) is 127 cm³/mol. The number of carbonyl (C=O) groups excluding carboxylic acids is 1. The summed E-state index contributed by atoms with van der Waals surface area (Å²) in [7, 11) is 0. The molecule has 1 N–H and O–H groups in total. The third-order valence-corrected chi connectivity index (χ3v) is 4.82. The molecule has 152 valence electrons. The zero-order chi connectivity index (χ0) is 21.6.